The number of hydrogen-bond acceptors (Lipinski definition) is 6. The molecule has 3 N–H and O–H groups in total. The summed E-state index contributed by atoms with van der Waals surface area (Å²) in [5.74, 6) is 0.540. The predicted molar refractivity (Wildman–Crippen MR) is 122 cm³/mol. The number of hydrogen-bond donors (Lipinski definition) is 2. The monoisotopic (exact) mass is 429 g/mol. The van der Waals surface area contributed by atoms with Crippen molar-refractivity contribution in [1.82, 2.24) is 14.6 Å². The fourth-order valence-corrected chi connectivity index (χ4v) is 3.43. The van der Waals surface area contributed by atoms with Crippen LogP contribution in [0.1, 0.15) is 46.9 Å². The third kappa shape index (κ3) is 4.15. The van der Waals surface area contributed by atoms with Gasteiger partial charge >= 0.3 is 6.09 Å². The van der Waals surface area contributed by atoms with E-state index in [0.717, 1.165) is 11.3 Å². The summed E-state index contributed by atoms with van der Waals surface area (Å²) < 4.78 is 6.94. The van der Waals surface area contributed by atoms with Gasteiger partial charge in [-0.05, 0) is 43.2 Å². The van der Waals surface area contributed by atoms with Gasteiger partial charge in [-0.25, -0.2) is 14.3 Å². The molecule has 0 radical (unpaired) electrons. The highest BCUT2D eigenvalue weighted by Gasteiger charge is 2.22. The maximum absolute atomic E-state index is 13.3. The highest BCUT2D eigenvalue weighted by Crippen LogP contribution is 2.27. The van der Waals surface area contributed by atoms with Crippen LogP contribution in [-0.4, -0.2) is 26.5 Å². The number of nitrogens with zero attached hydrogens (tertiary/aromatic N) is 3. The predicted octanol–water partition coefficient (Wildman–Crippen LogP) is 4.59. The molecule has 4 rings (SSSR count). The number of rotatable bonds is 5. The van der Waals surface area contributed by atoms with Crippen LogP contribution < -0.4 is 15.8 Å². The topological polar surface area (TPSA) is 112 Å². The Hall–Kier alpha value is -4.20. The van der Waals surface area contributed by atoms with Crippen LogP contribution >= 0.6 is 0 Å². The lowest BCUT2D eigenvalue weighted by Crippen LogP contribution is -2.17. The van der Waals surface area contributed by atoms with Gasteiger partial charge in [0.1, 0.15) is 17.6 Å². The minimum absolute atomic E-state index is 0.128. The Morgan fingerprint density at radius 1 is 1.09 bits per heavy atom. The van der Waals surface area contributed by atoms with E-state index in [0.29, 0.717) is 28.1 Å². The minimum atomic E-state index is -0.646. The zero-order chi connectivity index (χ0) is 22.8. The molecule has 2 aromatic heterocycles. The smallest absolute Gasteiger partial charge is 0.410 e. The third-order valence-electron chi connectivity index (χ3n) is 5.05. The number of aryl methyl sites for hydroxylation is 1. The Kier molecular flexibility index (Phi) is 5.59. The lowest BCUT2D eigenvalue weighted by Gasteiger charge is -2.08. The number of carbonyl (C=O) groups excluding carboxylic acids is 2. The third-order valence-corrected chi connectivity index (χ3v) is 5.05. The summed E-state index contributed by atoms with van der Waals surface area (Å²) >= 11 is 0. The standard InChI is InChI=1S/C24H23N5O3/c1-14(2)20-12-19(21-23(25)26-13-27-29(20)21)22(30)16-5-4-6-17(11-16)28-24(31)32-18-9-7-15(3)8-10-18/h4-14H,1-3H3,(H,28,31)(H2,25,26,27). The van der Waals surface area contributed by atoms with Crippen molar-refractivity contribution in [3.05, 3.63) is 83.3 Å². The summed E-state index contributed by atoms with van der Waals surface area (Å²) in [5.41, 5.74) is 9.69. The van der Waals surface area contributed by atoms with Crippen LogP contribution in [0.15, 0.2) is 60.9 Å². The molecule has 4 aromatic rings. The second kappa shape index (κ2) is 8.50. The number of anilines is 2. The van der Waals surface area contributed by atoms with Gasteiger partial charge in [0, 0.05) is 16.9 Å². The lowest BCUT2D eigenvalue weighted by atomic mass is 10.0. The minimum Gasteiger partial charge on any atom is -0.410 e. The summed E-state index contributed by atoms with van der Waals surface area (Å²) in [5, 5.41) is 6.92. The van der Waals surface area contributed by atoms with Gasteiger partial charge in [0.25, 0.3) is 0 Å². The summed E-state index contributed by atoms with van der Waals surface area (Å²) in [6.45, 7) is 5.97. The first-order chi connectivity index (χ1) is 15.3. The van der Waals surface area contributed by atoms with Crippen molar-refractivity contribution in [3.63, 3.8) is 0 Å². The van der Waals surface area contributed by atoms with Crippen molar-refractivity contribution in [3.8, 4) is 5.75 Å². The van der Waals surface area contributed by atoms with Gasteiger partial charge in [0.15, 0.2) is 11.6 Å². The molecule has 8 nitrogen and oxygen atoms in total. The molecular formula is C24H23N5O3. The fourth-order valence-electron chi connectivity index (χ4n) is 3.43. The summed E-state index contributed by atoms with van der Waals surface area (Å²) in [6.07, 6.45) is 0.722. The number of nitrogen functional groups attached to an aromatic ring is 1. The van der Waals surface area contributed by atoms with Crippen LogP contribution in [0.5, 0.6) is 5.75 Å². The molecule has 0 aliphatic heterocycles. The highest BCUT2D eigenvalue weighted by atomic mass is 16.6. The van der Waals surface area contributed by atoms with E-state index in [1.807, 2.05) is 32.9 Å². The molecular weight excluding hydrogens is 406 g/mol. The Morgan fingerprint density at radius 2 is 1.84 bits per heavy atom. The maximum Gasteiger partial charge on any atom is 0.417 e. The van der Waals surface area contributed by atoms with Crippen LogP contribution in [0.25, 0.3) is 5.52 Å². The Morgan fingerprint density at radius 3 is 2.56 bits per heavy atom. The van der Waals surface area contributed by atoms with E-state index < -0.39 is 6.09 Å². The van der Waals surface area contributed by atoms with Gasteiger partial charge < -0.3 is 10.5 Å². The molecule has 0 aliphatic carbocycles. The number of nitrogens with two attached hydrogens (primary N) is 1. The van der Waals surface area contributed by atoms with Crippen LogP contribution in [0.4, 0.5) is 16.3 Å². The summed E-state index contributed by atoms with van der Waals surface area (Å²) in [7, 11) is 0. The first-order valence-electron chi connectivity index (χ1n) is 10.2. The molecule has 162 valence electrons. The molecule has 0 aliphatic rings. The molecule has 32 heavy (non-hydrogen) atoms. The molecule has 0 saturated carbocycles. The zero-order valence-electron chi connectivity index (χ0n) is 18.0. The second-order valence-corrected chi connectivity index (χ2v) is 7.78. The number of nitrogens with one attached hydrogen (secondary N) is 1. The zero-order valence-corrected chi connectivity index (χ0v) is 18.0. The molecule has 0 unspecified atom stereocenters. The number of aromatic nitrogens is 3. The van der Waals surface area contributed by atoms with E-state index in [9.17, 15) is 9.59 Å². The quantitative estimate of drug-likeness (QED) is 0.449. The van der Waals surface area contributed by atoms with E-state index in [1.165, 1.54) is 6.33 Å². The molecule has 0 saturated heterocycles. The van der Waals surface area contributed by atoms with E-state index >= 15 is 0 Å². The van der Waals surface area contributed by atoms with Crippen LogP contribution in [-0.2, 0) is 0 Å². The van der Waals surface area contributed by atoms with Gasteiger partial charge in [-0.15, -0.1) is 0 Å². The average molecular weight is 429 g/mol. The number of amides is 1. The molecule has 0 spiro atoms. The molecule has 0 atom stereocenters. The van der Waals surface area contributed by atoms with Gasteiger partial charge in [-0.1, -0.05) is 43.7 Å². The molecule has 2 heterocycles. The van der Waals surface area contributed by atoms with E-state index in [4.69, 9.17) is 10.5 Å². The number of ether oxygens (including phenoxy) is 1. The van der Waals surface area contributed by atoms with Crippen LogP contribution in [0, 0.1) is 6.92 Å². The number of carbonyl (C=O) groups is 2. The van der Waals surface area contributed by atoms with Crippen LogP contribution in [0.2, 0.25) is 0 Å². The van der Waals surface area contributed by atoms with Crippen molar-refractivity contribution in [2.45, 2.75) is 26.7 Å². The fraction of sp³-hybridized carbons (Fsp3) is 0.167. The van der Waals surface area contributed by atoms with Crippen molar-refractivity contribution >= 4 is 28.9 Å². The summed E-state index contributed by atoms with van der Waals surface area (Å²) in [4.78, 5) is 29.6. The molecule has 0 fully saturated rings. The first kappa shape index (κ1) is 21.0. The SMILES string of the molecule is Cc1ccc(OC(=O)Nc2cccc(C(=O)c3cc(C(C)C)n4ncnc(N)c34)c2)cc1. The van der Waals surface area contributed by atoms with Gasteiger partial charge in [-0.2, -0.15) is 5.10 Å². The molecule has 2 aromatic carbocycles. The van der Waals surface area contributed by atoms with Crippen molar-refractivity contribution < 1.29 is 14.3 Å². The molecule has 1 amide bonds. The van der Waals surface area contributed by atoms with Crippen LogP contribution in [0.3, 0.4) is 0 Å². The average Bonchev–Trinajstić information content (AvgIpc) is 3.16. The first-order valence-corrected chi connectivity index (χ1v) is 10.2. The highest BCUT2D eigenvalue weighted by molar-refractivity contribution is 6.15. The molecule has 8 heteroatoms. The van der Waals surface area contributed by atoms with Gasteiger partial charge in [0.2, 0.25) is 0 Å². The maximum atomic E-state index is 13.3. The lowest BCUT2D eigenvalue weighted by molar-refractivity contribution is 0.104. The largest absolute Gasteiger partial charge is 0.417 e. The summed E-state index contributed by atoms with van der Waals surface area (Å²) in [6, 6.07) is 15.6. The van der Waals surface area contributed by atoms with E-state index in [1.54, 1.807) is 47.0 Å². The van der Waals surface area contributed by atoms with Crippen molar-refractivity contribution in [1.29, 1.82) is 0 Å². The number of fused-ring (bicyclic) bond motifs is 1. The van der Waals surface area contributed by atoms with Gasteiger partial charge in [0.05, 0.1) is 5.56 Å². The van der Waals surface area contributed by atoms with E-state index in [2.05, 4.69) is 15.4 Å². The number of benzene rings is 2. The van der Waals surface area contributed by atoms with Gasteiger partial charge in [-0.3, -0.25) is 10.1 Å². The second-order valence-electron chi connectivity index (χ2n) is 7.78. The van der Waals surface area contributed by atoms with Crippen molar-refractivity contribution in [2.75, 3.05) is 11.1 Å². The Bertz CT molecular complexity index is 1310. The molecule has 0 bridgehead atoms. The Balaban J connectivity index is 1.60. The van der Waals surface area contributed by atoms with E-state index in [-0.39, 0.29) is 17.5 Å². The van der Waals surface area contributed by atoms with Crippen molar-refractivity contribution in [2.24, 2.45) is 0 Å². The normalized spacial score (nSPS) is 11.0. The Labute approximate surface area is 185 Å². The number of ketones is 1.